The third-order valence-electron chi connectivity index (χ3n) is 6.51. The number of rotatable bonds is 4. The molecule has 10 nitrogen and oxygen atoms in total. The number of amides is 2. The van der Waals surface area contributed by atoms with E-state index in [1.54, 1.807) is 31.5 Å². The van der Waals surface area contributed by atoms with Gasteiger partial charge in [0, 0.05) is 49.2 Å². The summed E-state index contributed by atoms with van der Waals surface area (Å²) in [6, 6.07) is 9.99. The molecule has 2 amide bonds. The van der Waals surface area contributed by atoms with Gasteiger partial charge in [-0.1, -0.05) is 6.07 Å². The number of ether oxygens (including phenoxy) is 1. The molecule has 4 heterocycles. The molecule has 0 bridgehead atoms. The molecule has 2 aromatic heterocycles. The topological polar surface area (TPSA) is 118 Å². The summed E-state index contributed by atoms with van der Waals surface area (Å²) >= 11 is 0. The zero-order valence-corrected chi connectivity index (χ0v) is 20.1. The number of nitrogens with zero attached hydrogens (tertiary/aromatic N) is 4. The van der Waals surface area contributed by atoms with Gasteiger partial charge in [-0.25, -0.2) is 9.78 Å². The Morgan fingerprint density at radius 1 is 1.14 bits per heavy atom. The molecular formula is C26H28N6O4. The van der Waals surface area contributed by atoms with E-state index in [-0.39, 0.29) is 37.7 Å². The minimum absolute atomic E-state index is 0.128. The van der Waals surface area contributed by atoms with Crippen LogP contribution < -0.4 is 16.2 Å². The quantitative estimate of drug-likeness (QED) is 0.576. The molecule has 186 valence electrons. The van der Waals surface area contributed by atoms with Gasteiger partial charge in [-0.15, -0.1) is 0 Å². The van der Waals surface area contributed by atoms with Gasteiger partial charge >= 0.3 is 6.09 Å². The minimum atomic E-state index is -0.715. The van der Waals surface area contributed by atoms with Crippen molar-refractivity contribution in [3.05, 3.63) is 81.7 Å². The maximum absolute atomic E-state index is 13.4. The number of fused-ring (bicyclic) bond motifs is 2. The first-order valence-corrected chi connectivity index (χ1v) is 12.1. The lowest BCUT2D eigenvalue weighted by atomic mass is 9.98. The van der Waals surface area contributed by atoms with E-state index in [0.29, 0.717) is 23.6 Å². The van der Waals surface area contributed by atoms with Crippen molar-refractivity contribution in [3.63, 3.8) is 0 Å². The third kappa shape index (κ3) is 4.85. The molecule has 3 aromatic rings. The van der Waals surface area contributed by atoms with Crippen LogP contribution in [-0.2, 0) is 24.2 Å². The van der Waals surface area contributed by atoms with E-state index in [0.717, 1.165) is 24.1 Å². The Balaban J connectivity index is 1.51. The van der Waals surface area contributed by atoms with Crippen molar-refractivity contribution in [1.82, 2.24) is 30.1 Å². The van der Waals surface area contributed by atoms with Crippen LogP contribution >= 0.6 is 0 Å². The van der Waals surface area contributed by atoms with Gasteiger partial charge in [0.2, 0.25) is 0 Å². The molecule has 1 unspecified atom stereocenters. The number of hydrogen-bond acceptors (Lipinski definition) is 7. The Bertz CT molecular complexity index is 1340. The van der Waals surface area contributed by atoms with Crippen molar-refractivity contribution in [2.75, 3.05) is 26.2 Å². The predicted octanol–water partition coefficient (Wildman–Crippen LogP) is 1.89. The predicted molar refractivity (Wildman–Crippen MR) is 132 cm³/mol. The highest BCUT2D eigenvalue weighted by Crippen LogP contribution is 2.22. The molecule has 36 heavy (non-hydrogen) atoms. The Kier molecular flexibility index (Phi) is 6.77. The summed E-state index contributed by atoms with van der Waals surface area (Å²) in [4.78, 5) is 49.4. The van der Waals surface area contributed by atoms with E-state index in [1.807, 2.05) is 18.2 Å². The van der Waals surface area contributed by atoms with Gasteiger partial charge in [-0.2, -0.15) is 0 Å². The van der Waals surface area contributed by atoms with Crippen molar-refractivity contribution in [2.45, 2.75) is 32.5 Å². The maximum atomic E-state index is 13.4. The number of pyridine rings is 1. The van der Waals surface area contributed by atoms with E-state index in [1.165, 1.54) is 21.1 Å². The summed E-state index contributed by atoms with van der Waals surface area (Å²) in [5, 5.41) is 6.35. The second-order valence-electron chi connectivity index (χ2n) is 8.81. The summed E-state index contributed by atoms with van der Waals surface area (Å²) in [6.07, 6.45) is 3.69. The highest BCUT2D eigenvalue weighted by molar-refractivity contribution is 5.94. The molecule has 0 aliphatic carbocycles. The number of carbonyl (C=O) groups excluding carboxylic acids is 2. The molecule has 0 saturated heterocycles. The largest absolute Gasteiger partial charge is 0.450 e. The standard InChI is InChI=1S/C26H28N6O4/c1-2-36-26(35)31-11-12-32-23(33)14-21(18-6-8-27-9-7-18)29-24(32)22(16-31)30-25(34)19-4-3-17-5-10-28-15-20(17)13-19/h3-4,6-9,13-14,22,28H,2,5,10-12,15-16H2,1H3,(H,30,34). The Morgan fingerprint density at radius 3 is 2.78 bits per heavy atom. The number of carbonyl (C=O) groups is 2. The zero-order valence-electron chi connectivity index (χ0n) is 20.1. The first-order chi connectivity index (χ1) is 17.5. The highest BCUT2D eigenvalue weighted by Gasteiger charge is 2.30. The first kappa shape index (κ1) is 23.7. The lowest BCUT2D eigenvalue weighted by Crippen LogP contribution is -2.41. The van der Waals surface area contributed by atoms with Crippen molar-refractivity contribution in [3.8, 4) is 11.3 Å². The Labute approximate surface area is 208 Å². The van der Waals surface area contributed by atoms with Crippen molar-refractivity contribution in [2.24, 2.45) is 0 Å². The van der Waals surface area contributed by atoms with E-state index in [9.17, 15) is 14.4 Å². The summed E-state index contributed by atoms with van der Waals surface area (Å²) in [5.41, 5.74) is 3.81. The van der Waals surface area contributed by atoms with Crippen LogP contribution in [-0.4, -0.2) is 57.7 Å². The second kappa shape index (κ2) is 10.3. The number of benzene rings is 1. The van der Waals surface area contributed by atoms with Crippen LogP contribution in [0.4, 0.5) is 4.79 Å². The monoisotopic (exact) mass is 488 g/mol. The highest BCUT2D eigenvalue weighted by atomic mass is 16.6. The molecule has 0 spiro atoms. The van der Waals surface area contributed by atoms with Crippen LogP contribution in [0.25, 0.3) is 11.3 Å². The van der Waals surface area contributed by atoms with Gasteiger partial charge < -0.3 is 20.3 Å². The van der Waals surface area contributed by atoms with Crippen molar-refractivity contribution >= 4 is 12.0 Å². The molecule has 2 aliphatic heterocycles. The fourth-order valence-electron chi connectivity index (χ4n) is 4.65. The molecule has 0 radical (unpaired) electrons. The fraction of sp³-hybridized carbons (Fsp3) is 0.346. The van der Waals surface area contributed by atoms with Crippen LogP contribution in [0.3, 0.4) is 0 Å². The third-order valence-corrected chi connectivity index (χ3v) is 6.51. The lowest BCUT2D eigenvalue weighted by Gasteiger charge is -2.24. The van der Waals surface area contributed by atoms with Crippen LogP contribution in [0.2, 0.25) is 0 Å². The molecule has 10 heteroatoms. The summed E-state index contributed by atoms with van der Waals surface area (Å²) < 4.78 is 6.73. The molecule has 2 aliphatic rings. The van der Waals surface area contributed by atoms with Crippen LogP contribution in [0, 0.1) is 0 Å². The lowest BCUT2D eigenvalue weighted by molar-refractivity contribution is 0.0890. The molecule has 0 saturated carbocycles. The van der Waals surface area contributed by atoms with Gasteiger partial charge in [-0.3, -0.25) is 19.1 Å². The van der Waals surface area contributed by atoms with Gasteiger partial charge in [0.1, 0.15) is 11.9 Å². The van der Waals surface area contributed by atoms with E-state index in [2.05, 4.69) is 15.6 Å². The molecule has 5 rings (SSSR count). The summed E-state index contributed by atoms with van der Waals surface area (Å²) in [6.45, 7) is 4.23. The average Bonchev–Trinajstić information content (AvgIpc) is 3.09. The molecular weight excluding hydrogens is 460 g/mol. The van der Waals surface area contributed by atoms with Crippen molar-refractivity contribution < 1.29 is 14.3 Å². The number of hydrogen-bond donors (Lipinski definition) is 2. The first-order valence-electron chi connectivity index (χ1n) is 12.1. The Morgan fingerprint density at radius 2 is 1.97 bits per heavy atom. The zero-order chi connectivity index (χ0) is 25.1. The molecule has 1 aromatic carbocycles. The van der Waals surface area contributed by atoms with E-state index >= 15 is 0 Å². The van der Waals surface area contributed by atoms with Gasteiger partial charge in [0.15, 0.2) is 0 Å². The fourth-order valence-corrected chi connectivity index (χ4v) is 4.65. The van der Waals surface area contributed by atoms with Gasteiger partial charge in [0.25, 0.3) is 11.5 Å². The molecule has 1 atom stereocenters. The maximum Gasteiger partial charge on any atom is 0.409 e. The van der Waals surface area contributed by atoms with Crippen LogP contribution in [0.15, 0.2) is 53.6 Å². The smallest absolute Gasteiger partial charge is 0.409 e. The minimum Gasteiger partial charge on any atom is -0.450 e. The molecule has 2 N–H and O–H groups in total. The Hall–Kier alpha value is -4.05. The number of nitrogens with one attached hydrogen (secondary N) is 2. The van der Waals surface area contributed by atoms with Gasteiger partial charge in [0.05, 0.1) is 18.8 Å². The van der Waals surface area contributed by atoms with Crippen molar-refractivity contribution in [1.29, 1.82) is 0 Å². The van der Waals surface area contributed by atoms with Gasteiger partial charge in [-0.05, 0) is 55.3 Å². The SMILES string of the molecule is CCOC(=O)N1CCn2c(nc(-c3ccncc3)cc2=O)C(NC(=O)c2ccc3c(c2)CNCC3)C1. The normalized spacial score (nSPS) is 16.9. The second-order valence-corrected chi connectivity index (χ2v) is 8.81. The van der Waals surface area contributed by atoms with E-state index < -0.39 is 12.1 Å². The molecule has 0 fully saturated rings. The summed E-state index contributed by atoms with van der Waals surface area (Å²) in [5.74, 6) is 0.100. The van der Waals surface area contributed by atoms with Crippen LogP contribution in [0.5, 0.6) is 0 Å². The average molecular weight is 489 g/mol. The van der Waals surface area contributed by atoms with Crippen LogP contribution in [0.1, 0.15) is 40.3 Å². The number of aromatic nitrogens is 3. The summed E-state index contributed by atoms with van der Waals surface area (Å²) in [7, 11) is 0. The van der Waals surface area contributed by atoms with E-state index in [4.69, 9.17) is 9.72 Å².